The smallest absolute Gasteiger partial charge is 0.244 e. The standard InChI is InChI=1S/C12H12N2O3S/c15-11-5-1-2-6-12(11)18(16,17)14-9-10-4-3-7-13-8-10/h1-8,14-15H,9H2. The van der Waals surface area contributed by atoms with Crippen LogP contribution >= 0.6 is 0 Å². The average molecular weight is 264 g/mol. The lowest BCUT2D eigenvalue weighted by atomic mass is 10.3. The summed E-state index contributed by atoms with van der Waals surface area (Å²) in [7, 11) is -3.72. The van der Waals surface area contributed by atoms with Gasteiger partial charge in [-0.25, -0.2) is 13.1 Å². The van der Waals surface area contributed by atoms with Gasteiger partial charge >= 0.3 is 0 Å². The molecule has 1 heterocycles. The first-order valence-corrected chi connectivity index (χ1v) is 6.74. The summed E-state index contributed by atoms with van der Waals surface area (Å²) in [5.41, 5.74) is 0.747. The van der Waals surface area contributed by atoms with E-state index in [0.717, 1.165) is 5.56 Å². The Morgan fingerprint density at radius 1 is 1.17 bits per heavy atom. The molecule has 0 bridgehead atoms. The molecule has 2 N–H and O–H groups in total. The molecule has 1 aromatic carbocycles. The van der Waals surface area contributed by atoms with Gasteiger partial charge in [0.15, 0.2) is 0 Å². The van der Waals surface area contributed by atoms with Crippen LogP contribution in [0.4, 0.5) is 0 Å². The number of pyridine rings is 1. The van der Waals surface area contributed by atoms with Crippen molar-refractivity contribution in [2.24, 2.45) is 0 Å². The van der Waals surface area contributed by atoms with Gasteiger partial charge in [0.25, 0.3) is 0 Å². The van der Waals surface area contributed by atoms with E-state index in [1.165, 1.54) is 12.1 Å². The fraction of sp³-hybridized carbons (Fsp3) is 0.0833. The molecule has 0 spiro atoms. The van der Waals surface area contributed by atoms with Gasteiger partial charge in [0, 0.05) is 18.9 Å². The fourth-order valence-electron chi connectivity index (χ4n) is 1.44. The van der Waals surface area contributed by atoms with Gasteiger partial charge in [-0.1, -0.05) is 18.2 Å². The minimum absolute atomic E-state index is 0.129. The number of nitrogens with one attached hydrogen (secondary N) is 1. The minimum atomic E-state index is -3.72. The van der Waals surface area contributed by atoms with Crippen molar-refractivity contribution in [1.82, 2.24) is 9.71 Å². The maximum absolute atomic E-state index is 11.9. The highest BCUT2D eigenvalue weighted by molar-refractivity contribution is 7.89. The van der Waals surface area contributed by atoms with Gasteiger partial charge in [-0.05, 0) is 23.8 Å². The number of para-hydroxylation sites is 1. The van der Waals surface area contributed by atoms with E-state index < -0.39 is 10.0 Å². The Morgan fingerprint density at radius 3 is 2.61 bits per heavy atom. The highest BCUT2D eigenvalue weighted by Crippen LogP contribution is 2.21. The van der Waals surface area contributed by atoms with Crippen LogP contribution < -0.4 is 4.72 Å². The molecule has 2 aromatic rings. The first kappa shape index (κ1) is 12.5. The molecule has 6 heteroatoms. The zero-order valence-corrected chi connectivity index (χ0v) is 10.3. The van der Waals surface area contributed by atoms with Gasteiger partial charge < -0.3 is 5.11 Å². The van der Waals surface area contributed by atoms with Crippen molar-refractivity contribution < 1.29 is 13.5 Å². The van der Waals surface area contributed by atoms with Crippen molar-refractivity contribution in [3.63, 3.8) is 0 Å². The number of benzene rings is 1. The second-order valence-corrected chi connectivity index (χ2v) is 5.39. The third kappa shape index (κ3) is 2.85. The van der Waals surface area contributed by atoms with Crippen LogP contribution in [0, 0.1) is 0 Å². The quantitative estimate of drug-likeness (QED) is 0.871. The molecule has 18 heavy (non-hydrogen) atoms. The molecule has 0 radical (unpaired) electrons. The Morgan fingerprint density at radius 2 is 1.94 bits per heavy atom. The molecule has 94 valence electrons. The molecule has 0 amide bonds. The summed E-state index contributed by atoms with van der Waals surface area (Å²) in [5, 5.41) is 9.51. The van der Waals surface area contributed by atoms with E-state index in [0.29, 0.717) is 0 Å². The van der Waals surface area contributed by atoms with Crippen molar-refractivity contribution in [1.29, 1.82) is 0 Å². The van der Waals surface area contributed by atoms with Crippen LogP contribution in [0.25, 0.3) is 0 Å². The number of aromatic hydroxyl groups is 1. The SMILES string of the molecule is O=S(=O)(NCc1cccnc1)c1ccccc1O. The summed E-state index contributed by atoms with van der Waals surface area (Å²) in [6.45, 7) is 0.129. The number of hydrogen-bond acceptors (Lipinski definition) is 4. The van der Waals surface area contributed by atoms with Crippen molar-refractivity contribution >= 4 is 10.0 Å². The molecule has 0 unspecified atom stereocenters. The topological polar surface area (TPSA) is 79.3 Å². The van der Waals surface area contributed by atoms with E-state index in [1.807, 2.05) is 0 Å². The predicted octanol–water partition coefficient (Wildman–Crippen LogP) is 1.27. The highest BCUT2D eigenvalue weighted by Gasteiger charge is 2.17. The number of nitrogens with zero attached hydrogens (tertiary/aromatic N) is 1. The van der Waals surface area contributed by atoms with Gasteiger partial charge in [0.2, 0.25) is 10.0 Å². The number of phenols is 1. The second-order valence-electron chi connectivity index (χ2n) is 3.65. The van der Waals surface area contributed by atoms with Gasteiger partial charge in [-0.15, -0.1) is 0 Å². The van der Waals surface area contributed by atoms with Crippen LogP contribution in [0.2, 0.25) is 0 Å². The van der Waals surface area contributed by atoms with E-state index in [4.69, 9.17) is 0 Å². The lowest BCUT2D eigenvalue weighted by Crippen LogP contribution is -2.23. The summed E-state index contributed by atoms with van der Waals surface area (Å²) in [4.78, 5) is 3.76. The number of rotatable bonds is 4. The van der Waals surface area contributed by atoms with Crippen molar-refractivity contribution in [2.75, 3.05) is 0 Å². The number of hydrogen-bond donors (Lipinski definition) is 2. The van der Waals surface area contributed by atoms with Crippen LogP contribution in [-0.4, -0.2) is 18.5 Å². The molecule has 2 rings (SSSR count). The van der Waals surface area contributed by atoms with Gasteiger partial charge in [0.05, 0.1) is 0 Å². The molecule has 0 aliphatic rings. The number of phenolic OH excluding ortho intramolecular Hbond substituents is 1. The van der Waals surface area contributed by atoms with E-state index in [2.05, 4.69) is 9.71 Å². The zero-order valence-electron chi connectivity index (χ0n) is 9.45. The Balaban J connectivity index is 2.16. The Kier molecular flexibility index (Phi) is 3.59. The molecule has 0 aliphatic heterocycles. The van der Waals surface area contributed by atoms with Gasteiger partial charge in [0.1, 0.15) is 10.6 Å². The van der Waals surface area contributed by atoms with Crippen molar-refractivity contribution in [3.05, 3.63) is 54.4 Å². The number of sulfonamides is 1. The predicted molar refractivity (Wildman–Crippen MR) is 66.4 cm³/mol. The average Bonchev–Trinajstić information content (AvgIpc) is 2.38. The molecular formula is C12H12N2O3S. The number of aromatic nitrogens is 1. The van der Waals surface area contributed by atoms with E-state index in [9.17, 15) is 13.5 Å². The third-order valence-corrected chi connectivity index (χ3v) is 3.79. The summed E-state index contributed by atoms with van der Waals surface area (Å²) < 4.78 is 26.3. The van der Waals surface area contributed by atoms with Crippen molar-refractivity contribution in [2.45, 2.75) is 11.4 Å². The maximum atomic E-state index is 11.9. The zero-order chi connectivity index (χ0) is 13.0. The molecule has 1 aromatic heterocycles. The van der Waals surface area contributed by atoms with Crippen LogP contribution in [0.15, 0.2) is 53.7 Å². The third-order valence-electron chi connectivity index (χ3n) is 2.34. The first-order valence-electron chi connectivity index (χ1n) is 5.26. The molecule has 5 nitrogen and oxygen atoms in total. The Hall–Kier alpha value is -1.92. The van der Waals surface area contributed by atoms with Crippen LogP contribution in [-0.2, 0) is 16.6 Å². The molecule has 0 saturated heterocycles. The molecule has 0 aliphatic carbocycles. The summed E-state index contributed by atoms with van der Waals surface area (Å²) >= 11 is 0. The Labute approximate surface area is 105 Å². The summed E-state index contributed by atoms with van der Waals surface area (Å²) in [6, 6.07) is 9.29. The molecular weight excluding hydrogens is 252 g/mol. The first-order chi connectivity index (χ1) is 8.59. The maximum Gasteiger partial charge on any atom is 0.244 e. The normalized spacial score (nSPS) is 11.3. The lowest BCUT2D eigenvalue weighted by Gasteiger charge is -2.07. The molecule has 0 fully saturated rings. The molecule has 0 saturated carbocycles. The van der Waals surface area contributed by atoms with Crippen LogP contribution in [0.3, 0.4) is 0 Å². The van der Waals surface area contributed by atoms with E-state index in [1.54, 1.807) is 36.7 Å². The van der Waals surface area contributed by atoms with Gasteiger partial charge in [-0.2, -0.15) is 0 Å². The van der Waals surface area contributed by atoms with Crippen molar-refractivity contribution in [3.8, 4) is 5.75 Å². The fourth-order valence-corrected chi connectivity index (χ4v) is 2.56. The van der Waals surface area contributed by atoms with E-state index >= 15 is 0 Å². The minimum Gasteiger partial charge on any atom is -0.507 e. The Bertz CT molecular complexity index is 627. The van der Waals surface area contributed by atoms with Crippen LogP contribution in [0.1, 0.15) is 5.56 Å². The second kappa shape index (κ2) is 5.16. The lowest BCUT2D eigenvalue weighted by molar-refractivity contribution is 0.458. The van der Waals surface area contributed by atoms with E-state index in [-0.39, 0.29) is 17.2 Å². The highest BCUT2D eigenvalue weighted by atomic mass is 32.2. The largest absolute Gasteiger partial charge is 0.507 e. The van der Waals surface area contributed by atoms with Gasteiger partial charge in [-0.3, -0.25) is 4.98 Å². The summed E-state index contributed by atoms with van der Waals surface area (Å²) in [6.07, 6.45) is 3.19. The van der Waals surface area contributed by atoms with Crippen LogP contribution in [0.5, 0.6) is 5.75 Å². The molecule has 0 atom stereocenters. The summed E-state index contributed by atoms with van der Waals surface area (Å²) in [5.74, 6) is -0.267. The monoisotopic (exact) mass is 264 g/mol.